The molecular weight excluding hydrogens is 214 g/mol. The van der Waals surface area contributed by atoms with E-state index in [1.165, 1.54) is 0 Å². The molecule has 7 heteroatoms. The minimum Gasteiger partial charge on any atom is -0.480 e. The Morgan fingerprint density at radius 1 is 1.38 bits per heavy atom. The van der Waals surface area contributed by atoms with Gasteiger partial charge in [0.1, 0.15) is 6.04 Å². The highest BCUT2D eigenvalue weighted by atomic mass is 16.4. The van der Waals surface area contributed by atoms with Gasteiger partial charge in [0.25, 0.3) is 0 Å². The van der Waals surface area contributed by atoms with Crippen molar-refractivity contribution in [2.45, 2.75) is 18.9 Å². The number of carbonyl (C=O) groups is 3. The number of nitrogens with one attached hydrogen (secondary N) is 1. The van der Waals surface area contributed by atoms with E-state index in [0.29, 0.717) is 0 Å². The maximum Gasteiger partial charge on any atom is 0.326 e. The first-order valence-corrected chi connectivity index (χ1v) is 4.78. The van der Waals surface area contributed by atoms with Crippen LogP contribution >= 0.6 is 0 Å². The van der Waals surface area contributed by atoms with E-state index in [4.69, 9.17) is 10.8 Å². The molecule has 0 spiro atoms. The lowest BCUT2D eigenvalue weighted by atomic mass is 10.1. The molecular formula is C9H17N3O4. The Morgan fingerprint density at radius 2 is 1.94 bits per heavy atom. The molecule has 16 heavy (non-hydrogen) atoms. The van der Waals surface area contributed by atoms with E-state index in [1.807, 2.05) is 0 Å². The highest BCUT2D eigenvalue weighted by Crippen LogP contribution is 1.97. The van der Waals surface area contributed by atoms with E-state index in [1.54, 1.807) is 19.0 Å². The largest absolute Gasteiger partial charge is 0.480 e. The van der Waals surface area contributed by atoms with Crippen molar-refractivity contribution in [2.75, 3.05) is 20.6 Å². The lowest BCUT2D eigenvalue weighted by Crippen LogP contribution is -2.44. The molecule has 0 aromatic carbocycles. The summed E-state index contributed by atoms with van der Waals surface area (Å²) in [5, 5.41) is 11.1. The zero-order valence-electron chi connectivity index (χ0n) is 9.40. The average molecular weight is 231 g/mol. The second kappa shape index (κ2) is 6.78. The zero-order chi connectivity index (χ0) is 12.7. The number of hydrogen-bond acceptors (Lipinski definition) is 4. The quantitative estimate of drug-likeness (QED) is 0.487. The smallest absolute Gasteiger partial charge is 0.326 e. The summed E-state index contributed by atoms with van der Waals surface area (Å²) in [5.74, 6) is -2.16. The molecule has 7 nitrogen and oxygen atoms in total. The molecule has 0 bridgehead atoms. The topological polar surface area (TPSA) is 113 Å². The van der Waals surface area contributed by atoms with Crippen LogP contribution < -0.4 is 11.1 Å². The predicted molar refractivity (Wildman–Crippen MR) is 56.5 cm³/mol. The second-order valence-electron chi connectivity index (χ2n) is 3.70. The van der Waals surface area contributed by atoms with Gasteiger partial charge in [0, 0.05) is 6.42 Å². The van der Waals surface area contributed by atoms with E-state index in [-0.39, 0.29) is 19.4 Å². The molecule has 0 aromatic rings. The number of aliphatic carboxylic acids is 1. The molecule has 0 aliphatic heterocycles. The lowest BCUT2D eigenvalue weighted by Gasteiger charge is -2.15. The molecule has 0 aliphatic rings. The van der Waals surface area contributed by atoms with Crippen molar-refractivity contribution in [3.63, 3.8) is 0 Å². The van der Waals surface area contributed by atoms with Crippen LogP contribution in [0.5, 0.6) is 0 Å². The summed E-state index contributed by atoms with van der Waals surface area (Å²) < 4.78 is 0. The first-order valence-electron chi connectivity index (χ1n) is 4.78. The van der Waals surface area contributed by atoms with Crippen LogP contribution in [0.2, 0.25) is 0 Å². The molecule has 92 valence electrons. The van der Waals surface area contributed by atoms with E-state index in [2.05, 4.69) is 5.32 Å². The lowest BCUT2D eigenvalue weighted by molar-refractivity contribution is -0.142. The molecule has 4 N–H and O–H groups in total. The summed E-state index contributed by atoms with van der Waals surface area (Å²) in [7, 11) is 3.39. The van der Waals surface area contributed by atoms with Crippen LogP contribution in [0.3, 0.4) is 0 Å². The predicted octanol–water partition coefficient (Wildman–Crippen LogP) is -1.62. The van der Waals surface area contributed by atoms with Crippen LogP contribution in [-0.2, 0) is 14.4 Å². The van der Waals surface area contributed by atoms with Gasteiger partial charge in [-0.15, -0.1) is 0 Å². The Balaban J connectivity index is 4.17. The van der Waals surface area contributed by atoms with Crippen molar-refractivity contribution in [3.05, 3.63) is 0 Å². The number of amides is 2. The maximum atomic E-state index is 11.3. The molecule has 0 aromatic heterocycles. The van der Waals surface area contributed by atoms with Crippen LogP contribution in [0.4, 0.5) is 0 Å². The number of hydrogen-bond donors (Lipinski definition) is 3. The summed E-state index contributed by atoms with van der Waals surface area (Å²) in [6.45, 7) is 0.0976. The fourth-order valence-corrected chi connectivity index (χ4v) is 1.07. The van der Waals surface area contributed by atoms with Gasteiger partial charge in [0.15, 0.2) is 0 Å². The number of nitrogens with zero attached hydrogens (tertiary/aromatic N) is 1. The molecule has 2 amide bonds. The molecule has 0 radical (unpaired) electrons. The van der Waals surface area contributed by atoms with Crippen molar-refractivity contribution < 1.29 is 19.5 Å². The summed E-state index contributed by atoms with van der Waals surface area (Å²) in [6, 6.07) is -1.07. The Kier molecular flexibility index (Phi) is 6.09. The van der Waals surface area contributed by atoms with Crippen LogP contribution in [0.1, 0.15) is 12.8 Å². The number of carbonyl (C=O) groups excluding carboxylic acids is 2. The van der Waals surface area contributed by atoms with Gasteiger partial charge >= 0.3 is 5.97 Å². The highest BCUT2D eigenvalue weighted by molar-refractivity contribution is 5.85. The van der Waals surface area contributed by atoms with Crippen molar-refractivity contribution >= 4 is 17.8 Å². The first-order chi connectivity index (χ1) is 7.32. The fourth-order valence-electron chi connectivity index (χ4n) is 1.07. The molecule has 0 fully saturated rings. The summed E-state index contributed by atoms with van der Waals surface area (Å²) in [4.78, 5) is 34.1. The number of rotatable bonds is 7. The van der Waals surface area contributed by atoms with Gasteiger partial charge in [-0.2, -0.15) is 0 Å². The number of likely N-dealkylation sites (N-methyl/N-ethyl adjacent to an activating group) is 1. The van der Waals surface area contributed by atoms with Crippen molar-refractivity contribution in [1.29, 1.82) is 0 Å². The average Bonchev–Trinajstić information content (AvgIpc) is 2.09. The van der Waals surface area contributed by atoms with Crippen LogP contribution in [0, 0.1) is 0 Å². The van der Waals surface area contributed by atoms with Gasteiger partial charge in [-0.1, -0.05) is 0 Å². The SMILES string of the molecule is CN(C)CC(=O)N[C@H](CCC(N)=O)C(=O)O. The summed E-state index contributed by atoms with van der Waals surface area (Å²) in [6.07, 6.45) is -0.0664. The summed E-state index contributed by atoms with van der Waals surface area (Å²) >= 11 is 0. The summed E-state index contributed by atoms with van der Waals surface area (Å²) in [5.41, 5.74) is 4.90. The Bertz CT molecular complexity index is 278. The number of carboxylic acids is 1. The number of primary amides is 1. The third-order valence-corrected chi connectivity index (χ3v) is 1.77. The molecule has 0 rings (SSSR count). The molecule has 0 aliphatic carbocycles. The normalized spacial score (nSPS) is 12.2. The van der Waals surface area contributed by atoms with Crippen molar-refractivity contribution in [1.82, 2.24) is 10.2 Å². The highest BCUT2D eigenvalue weighted by Gasteiger charge is 2.20. The van der Waals surface area contributed by atoms with Gasteiger partial charge in [0.05, 0.1) is 6.54 Å². The van der Waals surface area contributed by atoms with Gasteiger partial charge < -0.3 is 21.1 Å². The standard InChI is InChI=1S/C9H17N3O4/c1-12(2)5-8(14)11-6(9(15)16)3-4-7(10)13/h6H,3-5H2,1-2H3,(H2,10,13)(H,11,14)(H,15,16)/t6-/m1/s1. The fraction of sp³-hybridized carbons (Fsp3) is 0.667. The molecule has 1 atom stereocenters. The van der Waals surface area contributed by atoms with Gasteiger partial charge in [-0.3, -0.25) is 9.59 Å². The molecule has 0 unspecified atom stereocenters. The minimum atomic E-state index is -1.17. The second-order valence-corrected chi connectivity index (χ2v) is 3.70. The van der Waals surface area contributed by atoms with E-state index in [9.17, 15) is 14.4 Å². The van der Waals surface area contributed by atoms with Crippen LogP contribution in [0.25, 0.3) is 0 Å². The third-order valence-electron chi connectivity index (χ3n) is 1.77. The van der Waals surface area contributed by atoms with Gasteiger partial charge in [0.2, 0.25) is 11.8 Å². The monoisotopic (exact) mass is 231 g/mol. The van der Waals surface area contributed by atoms with Crippen LogP contribution in [0.15, 0.2) is 0 Å². The Hall–Kier alpha value is -1.63. The molecule has 0 heterocycles. The Morgan fingerprint density at radius 3 is 2.31 bits per heavy atom. The first kappa shape index (κ1) is 14.4. The number of nitrogens with two attached hydrogens (primary N) is 1. The maximum absolute atomic E-state index is 11.3. The van der Waals surface area contributed by atoms with Gasteiger partial charge in [-0.25, -0.2) is 4.79 Å². The Labute approximate surface area is 93.6 Å². The van der Waals surface area contributed by atoms with Crippen LogP contribution in [-0.4, -0.2) is 54.5 Å². The number of carboxylic acid groups (broad SMARTS) is 1. The van der Waals surface area contributed by atoms with E-state index >= 15 is 0 Å². The van der Waals surface area contributed by atoms with E-state index in [0.717, 1.165) is 0 Å². The minimum absolute atomic E-state index is 0.00380. The van der Waals surface area contributed by atoms with E-state index < -0.39 is 23.8 Å². The molecule has 0 saturated carbocycles. The van der Waals surface area contributed by atoms with Crippen molar-refractivity contribution in [3.8, 4) is 0 Å². The molecule has 0 saturated heterocycles. The van der Waals surface area contributed by atoms with Gasteiger partial charge in [-0.05, 0) is 20.5 Å². The van der Waals surface area contributed by atoms with Crippen molar-refractivity contribution in [2.24, 2.45) is 5.73 Å². The third kappa shape index (κ3) is 6.77. The zero-order valence-corrected chi connectivity index (χ0v) is 9.40.